The Morgan fingerprint density at radius 3 is 1.93 bits per heavy atom. The van der Waals surface area contributed by atoms with Gasteiger partial charge in [0.15, 0.2) is 0 Å². The Balaban J connectivity index is 1.45. The van der Waals surface area contributed by atoms with Crippen molar-refractivity contribution in [3.05, 3.63) is 125 Å². The summed E-state index contributed by atoms with van der Waals surface area (Å²) in [6, 6.07) is 39.0. The second kappa shape index (κ2) is 9.62. The first-order valence-electron chi connectivity index (χ1n) is 16.7. The number of para-hydroxylation sites is 2. The largest absolute Gasteiger partial charge is 0.311 e. The molecule has 226 valence electrons. The highest BCUT2D eigenvalue weighted by atomic mass is 32.1. The van der Waals surface area contributed by atoms with Crippen molar-refractivity contribution in [2.24, 2.45) is 0 Å². The molecule has 0 saturated heterocycles. The molecule has 0 radical (unpaired) electrons. The van der Waals surface area contributed by atoms with Gasteiger partial charge in [-0.1, -0.05) is 94.4 Å². The van der Waals surface area contributed by atoms with E-state index in [1.54, 1.807) is 0 Å². The summed E-state index contributed by atoms with van der Waals surface area (Å²) in [7, 11) is 0. The highest BCUT2D eigenvalue weighted by Crippen LogP contribution is 2.51. The zero-order valence-electron chi connectivity index (χ0n) is 27.6. The van der Waals surface area contributed by atoms with Crippen LogP contribution in [-0.4, -0.2) is 6.71 Å². The quantitative estimate of drug-likeness (QED) is 0.179. The van der Waals surface area contributed by atoms with Gasteiger partial charge in [0.2, 0.25) is 0 Å². The molecule has 9 rings (SSSR count). The standard InChI is InChI=1S/C42H39BN2S/c1-26-14-12-15-27(2)38(26)45-34-20-13-19-33-37(34)43(32-24-30-31(25-35(32)45)42(5,6)23-22-41(30,3)4)40-39(29-18-10-11-21-36(29)46-40)44(33)28-16-8-7-9-17-28/h7-21,24-25H,22-23H2,1-6H3. The van der Waals surface area contributed by atoms with Gasteiger partial charge < -0.3 is 9.80 Å². The van der Waals surface area contributed by atoms with Gasteiger partial charge in [-0.15, -0.1) is 11.3 Å². The molecule has 3 heterocycles. The maximum atomic E-state index is 2.64. The molecule has 0 fully saturated rings. The van der Waals surface area contributed by atoms with Crippen LogP contribution in [0.1, 0.15) is 62.8 Å². The van der Waals surface area contributed by atoms with Gasteiger partial charge in [0.25, 0.3) is 6.71 Å². The number of fused-ring (bicyclic) bond motifs is 7. The maximum absolute atomic E-state index is 2.64. The molecule has 3 aliphatic rings. The lowest BCUT2D eigenvalue weighted by Gasteiger charge is -2.47. The molecule has 2 nitrogen and oxygen atoms in total. The number of aryl methyl sites for hydroxylation is 2. The zero-order valence-corrected chi connectivity index (χ0v) is 28.4. The minimum Gasteiger partial charge on any atom is -0.311 e. The predicted molar refractivity (Wildman–Crippen MR) is 201 cm³/mol. The van der Waals surface area contributed by atoms with Gasteiger partial charge in [-0.3, -0.25) is 0 Å². The summed E-state index contributed by atoms with van der Waals surface area (Å²) in [6.45, 7) is 14.5. The van der Waals surface area contributed by atoms with Crippen molar-refractivity contribution < 1.29 is 0 Å². The van der Waals surface area contributed by atoms with Crippen LogP contribution in [0.4, 0.5) is 34.1 Å². The third-order valence-electron chi connectivity index (χ3n) is 11.1. The first-order valence-corrected chi connectivity index (χ1v) is 17.5. The average Bonchev–Trinajstić information content (AvgIpc) is 3.43. The first-order chi connectivity index (χ1) is 22.2. The number of hydrogen-bond donors (Lipinski definition) is 0. The van der Waals surface area contributed by atoms with Gasteiger partial charge in [-0.05, 0) is 107 Å². The number of thiophene rings is 1. The molecule has 2 aliphatic heterocycles. The topological polar surface area (TPSA) is 6.48 Å². The lowest BCUT2D eigenvalue weighted by Crippen LogP contribution is -2.61. The molecule has 0 N–H and O–H groups in total. The summed E-state index contributed by atoms with van der Waals surface area (Å²) >= 11 is 1.98. The smallest absolute Gasteiger partial charge is 0.264 e. The van der Waals surface area contributed by atoms with Crippen molar-refractivity contribution in [2.45, 2.75) is 65.2 Å². The summed E-state index contributed by atoms with van der Waals surface area (Å²) < 4.78 is 2.79. The molecule has 0 saturated carbocycles. The third kappa shape index (κ3) is 3.77. The van der Waals surface area contributed by atoms with E-state index in [4.69, 9.17) is 0 Å². The highest BCUT2D eigenvalue weighted by Gasteiger charge is 2.47. The zero-order chi connectivity index (χ0) is 31.5. The molecule has 0 unspecified atom stereocenters. The second-order valence-corrected chi connectivity index (χ2v) is 16.0. The lowest BCUT2D eigenvalue weighted by molar-refractivity contribution is 0.332. The van der Waals surface area contributed by atoms with Crippen molar-refractivity contribution >= 4 is 78.0 Å². The van der Waals surface area contributed by atoms with E-state index in [-0.39, 0.29) is 17.5 Å². The minimum absolute atomic E-state index is 0.119. The van der Waals surface area contributed by atoms with Crippen molar-refractivity contribution in [2.75, 3.05) is 9.80 Å². The Bertz CT molecular complexity index is 2190. The molecule has 0 atom stereocenters. The van der Waals surface area contributed by atoms with E-state index in [1.807, 2.05) is 11.3 Å². The van der Waals surface area contributed by atoms with Crippen LogP contribution < -0.4 is 25.5 Å². The van der Waals surface area contributed by atoms with Gasteiger partial charge in [0.05, 0.1) is 11.4 Å². The first kappa shape index (κ1) is 28.0. The van der Waals surface area contributed by atoms with E-state index in [1.165, 1.54) is 95.0 Å². The van der Waals surface area contributed by atoms with E-state index < -0.39 is 0 Å². The van der Waals surface area contributed by atoms with Crippen LogP contribution in [0.2, 0.25) is 0 Å². The van der Waals surface area contributed by atoms with E-state index in [0.717, 1.165) is 0 Å². The number of benzene rings is 5. The molecule has 6 aromatic rings. The highest BCUT2D eigenvalue weighted by molar-refractivity contribution is 7.33. The minimum atomic E-state index is 0.119. The van der Waals surface area contributed by atoms with Gasteiger partial charge in [-0.2, -0.15) is 0 Å². The van der Waals surface area contributed by atoms with Crippen molar-refractivity contribution in [1.29, 1.82) is 0 Å². The van der Waals surface area contributed by atoms with Crippen LogP contribution in [0.5, 0.6) is 0 Å². The van der Waals surface area contributed by atoms with E-state index in [2.05, 4.69) is 154 Å². The fourth-order valence-corrected chi connectivity index (χ4v) is 9.99. The van der Waals surface area contributed by atoms with Crippen LogP contribution in [0.3, 0.4) is 0 Å². The lowest BCUT2D eigenvalue weighted by atomic mass is 9.35. The molecular formula is C42H39BN2S. The van der Waals surface area contributed by atoms with Crippen LogP contribution >= 0.6 is 11.3 Å². The molecule has 1 aromatic heterocycles. The van der Waals surface area contributed by atoms with Crippen LogP contribution in [0.25, 0.3) is 10.1 Å². The molecule has 0 bridgehead atoms. The van der Waals surface area contributed by atoms with E-state index in [9.17, 15) is 0 Å². The Morgan fingerprint density at radius 1 is 0.609 bits per heavy atom. The molecular weight excluding hydrogens is 575 g/mol. The van der Waals surface area contributed by atoms with Crippen molar-refractivity contribution in [1.82, 2.24) is 0 Å². The summed E-state index contributed by atoms with van der Waals surface area (Å²) in [4.78, 5) is 5.16. The average molecular weight is 615 g/mol. The summed E-state index contributed by atoms with van der Waals surface area (Å²) in [6.07, 6.45) is 2.40. The SMILES string of the molecule is Cc1cccc(C)c1N1c2cc3c(cc2B2c4sc5ccccc5c4N(c4ccccc4)c4cccc1c42)C(C)(C)CCC3(C)C. The van der Waals surface area contributed by atoms with Crippen molar-refractivity contribution in [3.63, 3.8) is 0 Å². The van der Waals surface area contributed by atoms with E-state index >= 15 is 0 Å². The number of rotatable bonds is 2. The summed E-state index contributed by atoms with van der Waals surface area (Å²) in [5.74, 6) is 0. The van der Waals surface area contributed by atoms with Gasteiger partial charge in [-0.25, -0.2) is 0 Å². The Labute approximate surface area is 277 Å². The fraction of sp³-hybridized carbons (Fsp3) is 0.238. The second-order valence-electron chi connectivity index (χ2n) is 14.9. The van der Waals surface area contributed by atoms with Gasteiger partial charge in [0, 0.05) is 37.6 Å². The molecule has 0 amide bonds. The molecule has 46 heavy (non-hydrogen) atoms. The number of hydrogen-bond acceptors (Lipinski definition) is 3. The maximum Gasteiger partial charge on any atom is 0.264 e. The fourth-order valence-electron chi connectivity index (χ4n) is 8.67. The van der Waals surface area contributed by atoms with Crippen LogP contribution in [0.15, 0.2) is 103 Å². The van der Waals surface area contributed by atoms with Crippen LogP contribution in [0, 0.1) is 13.8 Å². The predicted octanol–water partition coefficient (Wildman–Crippen LogP) is 9.95. The van der Waals surface area contributed by atoms with Gasteiger partial charge >= 0.3 is 0 Å². The molecule has 4 heteroatoms. The molecule has 0 spiro atoms. The number of anilines is 6. The van der Waals surface area contributed by atoms with Crippen molar-refractivity contribution in [3.8, 4) is 0 Å². The normalized spacial score (nSPS) is 17.0. The summed E-state index contributed by atoms with van der Waals surface area (Å²) in [5, 5.41) is 1.33. The molecule has 5 aromatic carbocycles. The summed E-state index contributed by atoms with van der Waals surface area (Å²) in [5.41, 5.74) is 16.5. The Hall–Kier alpha value is -4.28. The van der Waals surface area contributed by atoms with E-state index in [0.29, 0.717) is 0 Å². The Kier molecular flexibility index (Phi) is 5.85. The Morgan fingerprint density at radius 2 is 1.22 bits per heavy atom. The number of nitrogens with zero attached hydrogens (tertiary/aromatic N) is 2. The van der Waals surface area contributed by atoms with Gasteiger partial charge in [0.1, 0.15) is 0 Å². The van der Waals surface area contributed by atoms with Crippen LogP contribution in [-0.2, 0) is 10.8 Å². The molecule has 1 aliphatic carbocycles. The monoisotopic (exact) mass is 614 g/mol. The third-order valence-corrected chi connectivity index (χ3v) is 12.4.